The molecule has 0 saturated carbocycles. The minimum absolute atomic E-state index is 0.208. The van der Waals surface area contributed by atoms with Gasteiger partial charge in [-0.25, -0.2) is 0 Å². The van der Waals surface area contributed by atoms with Gasteiger partial charge in [0.05, 0.1) is 17.5 Å². The Morgan fingerprint density at radius 3 is 3.00 bits per heavy atom. The molecular weight excluding hydrogens is 208 g/mol. The molecule has 1 atom stereocenters. The lowest BCUT2D eigenvalue weighted by atomic mass is 10.1. The van der Waals surface area contributed by atoms with Gasteiger partial charge in [0.1, 0.15) is 0 Å². The standard InChI is InChI=1S/C10H16N4O2/c1-6-8(11)9(13-12-6)10(16)14-4-2-3-7(15)5-14/h7,15H,2-5,11H2,1H3,(H,12,13)/t7-/m0/s1. The van der Waals surface area contributed by atoms with Gasteiger partial charge in [0.2, 0.25) is 0 Å². The second-order valence-electron chi connectivity index (χ2n) is 4.16. The predicted molar refractivity (Wildman–Crippen MR) is 58.9 cm³/mol. The molecule has 0 radical (unpaired) electrons. The number of β-amino-alcohol motifs (C(OH)–C–C–N with tert-alkyl or cyclic N) is 1. The van der Waals surface area contributed by atoms with Crippen molar-refractivity contribution < 1.29 is 9.90 Å². The predicted octanol–water partition coefficient (Wildman–Crippen LogP) is -0.103. The molecule has 0 spiro atoms. The zero-order valence-corrected chi connectivity index (χ0v) is 9.23. The Balaban J connectivity index is 2.15. The molecule has 0 unspecified atom stereocenters. The molecule has 88 valence electrons. The van der Waals surface area contributed by atoms with Crippen molar-refractivity contribution in [3.8, 4) is 0 Å². The van der Waals surface area contributed by atoms with E-state index in [1.807, 2.05) is 0 Å². The van der Waals surface area contributed by atoms with Crippen LogP contribution in [0.5, 0.6) is 0 Å². The van der Waals surface area contributed by atoms with E-state index in [1.54, 1.807) is 11.8 Å². The van der Waals surface area contributed by atoms with Gasteiger partial charge in [0.25, 0.3) is 5.91 Å². The third-order valence-corrected chi connectivity index (χ3v) is 2.88. The van der Waals surface area contributed by atoms with Crippen molar-refractivity contribution in [3.05, 3.63) is 11.4 Å². The Kier molecular flexibility index (Phi) is 2.82. The van der Waals surface area contributed by atoms with E-state index in [4.69, 9.17) is 5.73 Å². The highest BCUT2D eigenvalue weighted by Crippen LogP contribution is 2.18. The molecule has 1 aromatic rings. The fourth-order valence-corrected chi connectivity index (χ4v) is 1.89. The molecule has 0 aliphatic carbocycles. The molecule has 6 heteroatoms. The summed E-state index contributed by atoms with van der Waals surface area (Å²) in [6, 6.07) is 0. The number of rotatable bonds is 1. The normalized spacial score (nSPS) is 21.1. The zero-order valence-electron chi connectivity index (χ0n) is 9.23. The number of hydrogen-bond donors (Lipinski definition) is 3. The molecule has 2 rings (SSSR count). The van der Waals surface area contributed by atoms with Gasteiger partial charge in [-0.2, -0.15) is 5.10 Å². The van der Waals surface area contributed by atoms with Crippen LogP contribution < -0.4 is 5.73 Å². The van der Waals surface area contributed by atoms with Crippen molar-refractivity contribution in [1.29, 1.82) is 0 Å². The van der Waals surface area contributed by atoms with E-state index in [0.29, 0.717) is 24.5 Å². The number of anilines is 1. The average molecular weight is 224 g/mol. The minimum Gasteiger partial charge on any atom is -0.395 e. The molecule has 1 aliphatic rings. The highest BCUT2D eigenvalue weighted by atomic mass is 16.3. The van der Waals surface area contributed by atoms with Crippen molar-refractivity contribution >= 4 is 11.6 Å². The number of nitrogen functional groups attached to an aromatic ring is 1. The summed E-state index contributed by atoms with van der Waals surface area (Å²) in [5.41, 5.74) is 7.09. The maximum absolute atomic E-state index is 12.0. The molecule has 0 aromatic carbocycles. The molecule has 4 N–H and O–H groups in total. The molecule has 1 amide bonds. The van der Waals surface area contributed by atoms with Crippen LogP contribution in [0.25, 0.3) is 0 Å². The molecule has 1 saturated heterocycles. The maximum Gasteiger partial charge on any atom is 0.276 e. The highest BCUT2D eigenvalue weighted by molar-refractivity contribution is 5.97. The molecule has 1 fully saturated rings. The Labute approximate surface area is 93.4 Å². The quantitative estimate of drug-likeness (QED) is 0.620. The summed E-state index contributed by atoms with van der Waals surface area (Å²) in [4.78, 5) is 13.6. The topological polar surface area (TPSA) is 95.2 Å². The Morgan fingerprint density at radius 1 is 1.69 bits per heavy atom. The smallest absolute Gasteiger partial charge is 0.276 e. The number of nitrogens with zero attached hydrogens (tertiary/aromatic N) is 2. The van der Waals surface area contributed by atoms with E-state index in [0.717, 1.165) is 12.8 Å². The number of aliphatic hydroxyl groups excluding tert-OH is 1. The van der Waals surface area contributed by atoms with Crippen LogP contribution in [-0.2, 0) is 0 Å². The molecule has 6 nitrogen and oxygen atoms in total. The number of nitrogens with one attached hydrogen (secondary N) is 1. The van der Waals surface area contributed by atoms with Gasteiger partial charge in [-0.3, -0.25) is 9.89 Å². The first kappa shape index (κ1) is 10.9. The van der Waals surface area contributed by atoms with Gasteiger partial charge >= 0.3 is 0 Å². The first-order valence-electron chi connectivity index (χ1n) is 5.37. The number of hydrogen-bond acceptors (Lipinski definition) is 4. The fourth-order valence-electron chi connectivity index (χ4n) is 1.89. The Hall–Kier alpha value is -1.56. The van der Waals surface area contributed by atoms with Gasteiger partial charge in [0, 0.05) is 13.1 Å². The lowest BCUT2D eigenvalue weighted by molar-refractivity contribution is 0.0470. The van der Waals surface area contributed by atoms with E-state index >= 15 is 0 Å². The SMILES string of the molecule is Cc1[nH]nc(C(=O)N2CCC[C@H](O)C2)c1N. The number of aromatic amines is 1. The number of nitrogens with two attached hydrogens (primary N) is 1. The third kappa shape index (κ3) is 1.88. The van der Waals surface area contributed by atoms with Crippen LogP contribution in [0, 0.1) is 6.92 Å². The van der Waals surface area contributed by atoms with Gasteiger partial charge in [-0.1, -0.05) is 0 Å². The number of aliphatic hydroxyl groups is 1. The summed E-state index contributed by atoms with van der Waals surface area (Å²) >= 11 is 0. The van der Waals surface area contributed by atoms with Crippen LogP contribution in [0.4, 0.5) is 5.69 Å². The van der Waals surface area contributed by atoms with E-state index < -0.39 is 6.10 Å². The maximum atomic E-state index is 12.0. The monoisotopic (exact) mass is 224 g/mol. The molecule has 2 heterocycles. The lowest BCUT2D eigenvalue weighted by Gasteiger charge is -2.29. The van der Waals surface area contributed by atoms with Gasteiger partial charge in [0.15, 0.2) is 5.69 Å². The minimum atomic E-state index is -0.432. The van der Waals surface area contributed by atoms with Crippen molar-refractivity contribution in [2.75, 3.05) is 18.8 Å². The number of aryl methyl sites for hydroxylation is 1. The highest BCUT2D eigenvalue weighted by Gasteiger charge is 2.26. The van der Waals surface area contributed by atoms with E-state index in [9.17, 15) is 9.90 Å². The average Bonchev–Trinajstić information content (AvgIpc) is 2.59. The van der Waals surface area contributed by atoms with Crippen molar-refractivity contribution in [1.82, 2.24) is 15.1 Å². The van der Waals surface area contributed by atoms with Gasteiger partial charge in [-0.15, -0.1) is 0 Å². The van der Waals surface area contributed by atoms with Crippen LogP contribution in [-0.4, -0.2) is 45.3 Å². The molecule has 1 aromatic heterocycles. The Morgan fingerprint density at radius 2 is 2.44 bits per heavy atom. The van der Waals surface area contributed by atoms with Crippen molar-refractivity contribution in [2.45, 2.75) is 25.9 Å². The Bertz CT molecular complexity index is 402. The number of amides is 1. The molecule has 1 aliphatic heterocycles. The summed E-state index contributed by atoms with van der Waals surface area (Å²) < 4.78 is 0. The number of likely N-dealkylation sites (tertiary alicyclic amines) is 1. The van der Waals surface area contributed by atoms with Crippen molar-refractivity contribution in [3.63, 3.8) is 0 Å². The summed E-state index contributed by atoms with van der Waals surface area (Å²) in [6.45, 7) is 2.79. The van der Waals surface area contributed by atoms with Crippen LogP contribution in [0.1, 0.15) is 29.0 Å². The van der Waals surface area contributed by atoms with Gasteiger partial charge < -0.3 is 15.7 Å². The van der Waals surface area contributed by atoms with E-state index in [2.05, 4.69) is 10.2 Å². The number of aromatic nitrogens is 2. The fraction of sp³-hybridized carbons (Fsp3) is 0.600. The van der Waals surface area contributed by atoms with Crippen LogP contribution in [0.2, 0.25) is 0 Å². The third-order valence-electron chi connectivity index (χ3n) is 2.88. The van der Waals surface area contributed by atoms with Gasteiger partial charge in [-0.05, 0) is 19.8 Å². The molecule has 16 heavy (non-hydrogen) atoms. The molecule has 0 bridgehead atoms. The summed E-state index contributed by atoms with van der Waals surface area (Å²) in [6.07, 6.45) is 1.13. The number of H-pyrrole nitrogens is 1. The number of carbonyl (C=O) groups excluding carboxylic acids is 1. The summed E-state index contributed by atoms with van der Waals surface area (Å²) in [7, 11) is 0. The number of carbonyl (C=O) groups is 1. The second-order valence-corrected chi connectivity index (χ2v) is 4.16. The first-order chi connectivity index (χ1) is 7.59. The van der Waals surface area contributed by atoms with E-state index in [-0.39, 0.29) is 11.6 Å². The summed E-state index contributed by atoms with van der Waals surface area (Å²) in [5.74, 6) is -0.208. The van der Waals surface area contributed by atoms with Crippen molar-refractivity contribution in [2.24, 2.45) is 0 Å². The summed E-state index contributed by atoms with van der Waals surface area (Å²) in [5, 5.41) is 16.1. The lowest BCUT2D eigenvalue weighted by Crippen LogP contribution is -2.42. The van der Waals surface area contributed by atoms with E-state index in [1.165, 1.54) is 0 Å². The first-order valence-corrected chi connectivity index (χ1v) is 5.37. The number of piperidine rings is 1. The van der Waals surface area contributed by atoms with Crippen LogP contribution in [0.3, 0.4) is 0 Å². The zero-order chi connectivity index (χ0) is 11.7. The largest absolute Gasteiger partial charge is 0.395 e. The van der Waals surface area contributed by atoms with Crippen LogP contribution in [0.15, 0.2) is 0 Å². The second kappa shape index (κ2) is 4.13. The molecular formula is C10H16N4O2. The van der Waals surface area contributed by atoms with Crippen LogP contribution >= 0.6 is 0 Å².